The highest BCUT2D eigenvalue weighted by atomic mass is 16.5. The van der Waals surface area contributed by atoms with Crippen LogP contribution in [-0.2, 0) is 0 Å². The fraction of sp³-hybridized carbons (Fsp3) is 0.321. The predicted molar refractivity (Wildman–Crippen MR) is 145 cm³/mol. The van der Waals surface area contributed by atoms with Crippen LogP contribution in [0.3, 0.4) is 0 Å². The summed E-state index contributed by atoms with van der Waals surface area (Å²) in [7, 11) is 4.11. The SMILES string of the molecule is Cc1onc(-c2ccccc2)c1NC(=O)NC1CCC(Nc2cc(N(C)C)c3ccccc3n2)CC1. The first-order valence-electron chi connectivity index (χ1n) is 12.4. The molecule has 4 aromatic rings. The Morgan fingerprint density at radius 3 is 2.42 bits per heavy atom. The summed E-state index contributed by atoms with van der Waals surface area (Å²) in [5, 5.41) is 15.0. The van der Waals surface area contributed by atoms with Gasteiger partial charge in [-0.15, -0.1) is 0 Å². The van der Waals surface area contributed by atoms with Crippen molar-refractivity contribution in [1.82, 2.24) is 15.5 Å². The molecular formula is C28H32N6O2. The van der Waals surface area contributed by atoms with Gasteiger partial charge in [-0.05, 0) is 38.7 Å². The fourth-order valence-electron chi connectivity index (χ4n) is 4.84. The summed E-state index contributed by atoms with van der Waals surface area (Å²) in [4.78, 5) is 19.7. The van der Waals surface area contributed by atoms with E-state index < -0.39 is 0 Å². The monoisotopic (exact) mass is 484 g/mol. The molecule has 0 saturated heterocycles. The van der Waals surface area contributed by atoms with Gasteiger partial charge in [0.2, 0.25) is 0 Å². The second-order valence-corrected chi connectivity index (χ2v) is 9.56. The Morgan fingerprint density at radius 1 is 0.972 bits per heavy atom. The van der Waals surface area contributed by atoms with Crippen LogP contribution < -0.4 is 20.9 Å². The number of anilines is 3. The molecule has 1 fully saturated rings. The highest BCUT2D eigenvalue weighted by Gasteiger charge is 2.24. The van der Waals surface area contributed by atoms with Crippen molar-refractivity contribution in [3.63, 3.8) is 0 Å². The number of pyridine rings is 1. The molecule has 1 aliphatic rings. The highest BCUT2D eigenvalue weighted by molar-refractivity contribution is 5.94. The summed E-state index contributed by atoms with van der Waals surface area (Å²) >= 11 is 0. The van der Waals surface area contributed by atoms with Crippen LogP contribution in [-0.4, -0.2) is 42.4 Å². The van der Waals surface area contributed by atoms with Crippen LogP contribution in [0.5, 0.6) is 0 Å². The Balaban J connectivity index is 1.18. The predicted octanol–water partition coefficient (Wildman–Crippen LogP) is 5.81. The van der Waals surface area contributed by atoms with E-state index in [9.17, 15) is 4.79 Å². The van der Waals surface area contributed by atoms with Crippen molar-refractivity contribution in [1.29, 1.82) is 0 Å². The standard InChI is InChI=1S/C28H32N6O2/c1-18-26(27(33-36-18)19-9-5-4-6-10-19)32-28(35)30-21-15-13-20(14-16-21)29-25-17-24(34(2)3)22-11-7-8-12-23(22)31-25/h4-12,17,20-21H,13-16H2,1-3H3,(H,29,31)(H2,30,32,35). The van der Waals surface area contributed by atoms with Crippen LogP contribution in [0, 0.1) is 6.92 Å². The molecule has 2 aromatic heterocycles. The van der Waals surface area contributed by atoms with Gasteiger partial charge in [0.25, 0.3) is 0 Å². The van der Waals surface area contributed by atoms with E-state index in [0.717, 1.165) is 53.7 Å². The largest absolute Gasteiger partial charge is 0.377 e. The average Bonchev–Trinajstić information content (AvgIpc) is 3.24. The molecule has 0 radical (unpaired) electrons. The van der Waals surface area contributed by atoms with E-state index in [4.69, 9.17) is 9.51 Å². The van der Waals surface area contributed by atoms with Gasteiger partial charge in [-0.3, -0.25) is 0 Å². The van der Waals surface area contributed by atoms with Crippen molar-refractivity contribution in [2.45, 2.75) is 44.7 Å². The molecule has 2 amide bonds. The van der Waals surface area contributed by atoms with E-state index in [0.29, 0.717) is 23.2 Å². The number of nitrogens with zero attached hydrogens (tertiary/aromatic N) is 3. The summed E-state index contributed by atoms with van der Waals surface area (Å²) in [6.45, 7) is 1.80. The van der Waals surface area contributed by atoms with E-state index in [-0.39, 0.29) is 12.1 Å². The lowest BCUT2D eigenvalue weighted by Gasteiger charge is -2.30. The zero-order valence-electron chi connectivity index (χ0n) is 20.9. The molecule has 8 nitrogen and oxygen atoms in total. The van der Waals surface area contributed by atoms with E-state index in [2.05, 4.69) is 52.2 Å². The van der Waals surface area contributed by atoms with Gasteiger partial charge in [0.1, 0.15) is 17.2 Å². The van der Waals surface area contributed by atoms with Crippen LogP contribution in [0.25, 0.3) is 22.2 Å². The Kier molecular flexibility index (Phi) is 6.75. The third-order valence-corrected chi connectivity index (χ3v) is 6.74. The van der Waals surface area contributed by atoms with Gasteiger partial charge in [0, 0.05) is 48.9 Å². The van der Waals surface area contributed by atoms with Gasteiger partial charge in [0.15, 0.2) is 5.76 Å². The molecule has 2 aromatic carbocycles. The Hall–Kier alpha value is -4.07. The quantitative estimate of drug-likeness (QED) is 0.320. The lowest BCUT2D eigenvalue weighted by molar-refractivity contribution is 0.243. The normalized spacial score (nSPS) is 17.5. The van der Waals surface area contributed by atoms with Gasteiger partial charge in [-0.1, -0.05) is 53.7 Å². The smallest absolute Gasteiger partial charge is 0.319 e. The lowest BCUT2D eigenvalue weighted by Crippen LogP contribution is -2.42. The van der Waals surface area contributed by atoms with Crippen molar-refractivity contribution in [3.05, 3.63) is 66.4 Å². The number of carbonyl (C=O) groups excluding carboxylic acids is 1. The first kappa shape index (κ1) is 23.7. The summed E-state index contributed by atoms with van der Waals surface area (Å²) in [5.41, 5.74) is 4.27. The zero-order chi connectivity index (χ0) is 25.1. The zero-order valence-corrected chi connectivity index (χ0v) is 20.9. The number of amides is 2. The van der Waals surface area contributed by atoms with Gasteiger partial charge in [-0.2, -0.15) is 0 Å². The van der Waals surface area contributed by atoms with Crippen molar-refractivity contribution in [2.75, 3.05) is 29.6 Å². The molecule has 3 N–H and O–H groups in total. The lowest BCUT2D eigenvalue weighted by atomic mass is 9.91. The highest BCUT2D eigenvalue weighted by Crippen LogP contribution is 2.31. The molecule has 0 atom stereocenters. The molecule has 8 heteroatoms. The Bertz CT molecular complexity index is 1340. The number of aryl methyl sites for hydroxylation is 1. The van der Waals surface area contributed by atoms with Crippen LogP contribution >= 0.6 is 0 Å². The Labute approximate surface area is 211 Å². The molecule has 1 saturated carbocycles. The molecule has 0 unspecified atom stereocenters. The maximum atomic E-state index is 12.8. The fourth-order valence-corrected chi connectivity index (χ4v) is 4.84. The van der Waals surface area contributed by atoms with Crippen LogP contribution in [0.4, 0.5) is 22.0 Å². The molecular weight excluding hydrogens is 452 g/mol. The summed E-state index contributed by atoms with van der Waals surface area (Å²) in [5.74, 6) is 1.47. The van der Waals surface area contributed by atoms with Crippen molar-refractivity contribution >= 4 is 34.1 Å². The second-order valence-electron chi connectivity index (χ2n) is 9.56. The number of carbonyl (C=O) groups is 1. The van der Waals surface area contributed by atoms with Gasteiger partial charge in [0.05, 0.1) is 5.52 Å². The number of para-hydroxylation sites is 1. The van der Waals surface area contributed by atoms with Crippen molar-refractivity contribution < 1.29 is 9.32 Å². The Morgan fingerprint density at radius 2 is 1.67 bits per heavy atom. The van der Waals surface area contributed by atoms with Gasteiger partial charge in [-0.25, -0.2) is 9.78 Å². The molecule has 0 aliphatic heterocycles. The molecule has 36 heavy (non-hydrogen) atoms. The van der Waals surface area contributed by atoms with Crippen molar-refractivity contribution in [2.24, 2.45) is 0 Å². The van der Waals surface area contributed by atoms with Gasteiger partial charge >= 0.3 is 6.03 Å². The third kappa shape index (κ3) is 5.12. The van der Waals surface area contributed by atoms with E-state index in [1.807, 2.05) is 48.5 Å². The maximum Gasteiger partial charge on any atom is 0.319 e. The molecule has 2 heterocycles. The first-order valence-corrected chi connectivity index (χ1v) is 12.4. The minimum Gasteiger partial charge on any atom is -0.377 e. The molecule has 0 bridgehead atoms. The number of benzene rings is 2. The van der Waals surface area contributed by atoms with E-state index in [1.54, 1.807) is 6.92 Å². The minimum atomic E-state index is -0.235. The van der Waals surface area contributed by atoms with Crippen molar-refractivity contribution in [3.8, 4) is 11.3 Å². The number of fused-ring (bicyclic) bond motifs is 1. The summed E-state index contributed by atoms with van der Waals surface area (Å²) in [6.07, 6.45) is 3.71. The molecule has 1 aliphatic carbocycles. The molecule has 0 spiro atoms. The third-order valence-electron chi connectivity index (χ3n) is 6.74. The first-order chi connectivity index (χ1) is 17.5. The molecule has 186 valence electrons. The summed E-state index contributed by atoms with van der Waals surface area (Å²) in [6, 6.07) is 20.2. The minimum absolute atomic E-state index is 0.116. The number of rotatable bonds is 6. The van der Waals surface area contributed by atoms with E-state index in [1.165, 1.54) is 0 Å². The average molecular weight is 485 g/mol. The number of hydrogen-bond acceptors (Lipinski definition) is 6. The number of aromatic nitrogens is 2. The maximum absolute atomic E-state index is 12.8. The van der Waals surface area contributed by atoms with Crippen LogP contribution in [0.15, 0.2) is 65.2 Å². The number of nitrogens with one attached hydrogen (secondary N) is 3. The summed E-state index contributed by atoms with van der Waals surface area (Å²) < 4.78 is 5.35. The number of hydrogen-bond donors (Lipinski definition) is 3. The second kappa shape index (κ2) is 10.3. The van der Waals surface area contributed by atoms with Crippen LogP contribution in [0.2, 0.25) is 0 Å². The number of urea groups is 1. The van der Waals surface area contributed by atoms with Gasteiger partial charge < -0.3 is 25.4 Å². The molecule has 5 rings (SSSR count). The van der Waals surface area contributed by atoms with Crippen LogP contribution in [0.1, 0.15) is 31.4 Å². The van der Waals surface area contributed by atoms with E-state index >= 15 is 0 Å². The topological polar surface area (TPSA) is 95.3 Å².